The number of hydrogen-bond acceptors (Lipinski definition) is 4. The average Bonchev–Trinajstić information content (AvgIpc) is 3.54. The van der Waals surface area contributed by atoms with E-state index in [0.717, 1.165) is 28.5 Å². The summed E-state index contributed by atoms with van der Waals surface area (Å²) in [6, 6.07) is 22.2. The predicted molar refractivity (Wildman–Crippen MR) is 125 cm³/mol. The van der Waals surface area contributed by atoms with Crippen molar-refractivity contribution in [2.24, 2.45) is 0 Å². The number of nitrogens with two attached hydrogens (primary N) is 1. The number of benzene rings is 3. The minimum Gasteiger partial charge on any atom is -0.441 e. The Morgan fingerprint density at radius 3 is 2.70 bits per heavy atom. The summed E-state index contributed by atoms with van der Waals surface area (Å²) in [4.78, 5) is 16.0. The fourth-order valence-electron chi connectivity index (χ4n) is 4.99. The van der Waals surface area contributed by atoms with E-state index in [4.69, 9.17) is 14.2 Å². The minimum atomic E-state index is -0.490. The molecule has 33 heavy (non-hydrogen) atoms. The molecule has 6 rings (SSSR count). The molecular formula is C26H26N3O4+. The summed E-state index contributed by atoms with van der Waals surface area (Å²) >= 11 is 0. The monoisotopic (exact) mass is 444 g/mol. The van der Waals surface area contributed by atoms with Gasteiger partial charge in [-0.3, -0.25) is 5.32 Å². The lowest BCUT2D eigenvalue weighted by molar-refractivity contribution is -0.707. The first kappa shape index (κ1) is 20.2. The molecule has 1 amide bonds. The van der Waals surface area contributed by atoms with Crippen molar-refractivity contribution in [1.82, 2.24) is 4.98 Å². The second-order valence-electron chi connectivity index (χ2n) is 8.65. The molecule has 4 aromatic rings. The van der Waals surface area contributed by atoms with Gasteiger partial charge in [0.1, 0.15) is 31.4 Å². The second kappa shape index (κ2) is 8.51. The van der Waals surface area contributed by atoms with Crippen LogP contribution in [0.15, 0.2) is 72.9 Å². The molecule has 0 spiro atoms. The van der Waals surface area contributed by atoms with Crippen LogP contribution in [0.4, 0.5) is 10.5 Å². The number of nitrogens with one attached hydrogen (secondary N) is 2. The number of para-hydroxylation sites is 1. The largest absolute Gasteiger partial charge is 0.441 e. The van der Waals surface area contributed by atoms with Crippen molar-refractivity contribution in [2.75, 3.05) is 18.5 Å². The number of aromatic nitrogens is 1. The smallest absolute Gasteiger partial charge is 0.412 e. The van der Waals surface area contributed by atoms with E-state index in [9.17, 15) is 4.79 Å². The van der Waals surface area contributed by atoms with E-state index in [1.165, 1.54) is 10.9 Å². The third-order valence-corrected chi connectivity index (χ3v) is 6.65. The molecule has 0 saturated carbocycles. The summed E-state index contributed by atoms with van der Waals surface area (Å²) in [5, 5.41) is 8.42. The van der Waals surface area contributed by atoms with Crippen LogP contribution in [-0.2, 0) is 20.8 Å². The van der Waals surface area contributed by atoms with Gasteiger partial charge in [0.05, 0.1) is 12.3 Å². The van der Waals surface area contributed by atoms with Crippen molar-refractivity contribution < 1.29 is 24.3 Å². The number of carbonyl (C=O) groups excluding carboxylic acids is 1. The van der Waals surface area contributed by atoms with Crippen LogP contribution in [0.1, 0.15) is 5.56 Å². The number of hydrogen-bond donors (Lipinski definition) is 3. The summed E-state index contributed by atoms with van der Waals surface area (Å²) in [6.45, 7) is 1.75. The molecule has 2 aliphatic heterocycles. The van der Waals surface area contributed by atoms with E-state index in [0.29, 0.717) is 13.2 Å². The number of H-pyrrole nitrogens is 1. The quantitative estimate of drug-likeness (QED) is 0.441. The van der Waals surface area contributed by atoms with E-state index < -0.39 is 12.2 Å². The van der Waals surface area contributed by atoms with Crippen LogP contribution in [0.25, 0.3) is 21.7 Å². The number of quaternary nitrogens is 1. The third kappa shape index (κ3) is 3.84. The van der Waals surface area contributed by atoms with E-state index in [2.05, 4.69) is 40.0 Å². The minimum absolute atomic E-state index is 0.0921. The van der Waals surface area contributed by atoms with Crippen LogP contribution < -0.4 is 10.6 Å². The first-order valence-corrected chi connectivity index (χ1v) is 11.3. The average molecular weight is 445 g/mol. The third-order valence-electron chi connectivity index (χ3n) is 6.65. The molecular weight excluding hydrogens is 418 g/mol. The highest BCUT2D eigenvalue weighted by Gasteiger charge is 2.51. The number of rotatable bonds is 5. The van der Waals surface area contributed by atoms with Gasteiger partial charge in [0.2, 0.25) is 0 Å². The summed E-state index contributed by atoms with van der Waals surface area (Å²) in [7, 11) is 0. The Hall–Kier alpha value is -3.39. The molecule has 0 aliphatic carbocycles. The molecule has 2 saturated heterocycles. The Balaban J connectivity index is 1.07. The fraction of sp³-hybridized carbons (Fsp3) is 0.269. The number of aromatic amines is 1. The summed E-state index contributed by atoms with van der Waals surface area (Å²) in [6.07, 6.45) is 0.818. The zero-order valence-electron chi connectivity index (χ0n) is 18.1. The van der Waals surface area contributed by atoms with Crippen LogP contribution in [0.3, 0.4) is 0 Å². The van der Waals surface area contributed by atoms with Gasteiger partial charge in [-0.05, 0) is 17.5 Å². The zero-order valence-corrected chi connectivity index (χ0v) is 18.1. The second-order valence-corrected chi connectivity index (χ2v) is 8.65. The molecule has 7 nitrogen and oxygen atoms in total. The summed E-state index contributed by atoms with van der Waals surface area (Å²) < 4.78 is 17.7. The first-order chi connectivity index (χ1) is 16.3. The van der Waals surface area contributed by atoms with Crippen molar-refractivity contribution in [1.29, 1.82) is 0 Å². The topological polar surface area (TPSA) is 89.2 Å². The normalized spacial score (nSPS) is 24.2. The highest BCUT2D eigenvalue weighted by Crippen LogP contribution is 2.29. The van der Waals surface area contributed by atoms with E-state index >= 15 is 0 Å². The van der Waals surface area contributed by atoms with Gasteiger partial charge in [0, 0.05) is 28.0 Å². The van der Waals surface area contributed by atoms with Crippen LogP contribution in [-0.4, -0.2) is 48.6 Å². The number of fused-ring (bicyclic) bond motifs is 3. The van der Waals surface area contributed by atoms with Crippen molar-refractivity contribution in [3.63, 3.8) is 0 Å². The van der Waals surface area contributed by atoms with Gasteiger partial charge >= 0.3 is 6.09 Å². The first-order valence-electron chi connectivity index (χ1n) is 11.3. The lowest BCUT2D eigenvalue weighted by atomic mass is 10.1. The van der Waals surface area contributed by atoms with Crippen molar-refractivity contribution in [3.05, 3.63) is 78.5 Å². The zero-order chi connectivity index (χ0) is 22.2. The molecule has 0 bridgehead atoms. The van der Waals surface area contributed by atoms with Gasteiger partial charge in [-0.1, -0.05) is 54.6 Å². The standard InChI is InChI=1S/C26H25N3O4/c30-26(29-21-11-5-7-16-6-1-2-8-18(16)21)33-23-15-32-24-22(14-31-25(23)24)28-13-17-12-27-20-10-4-3-9-19(17)20/h1-12,22-25,27-28H,13-15H2,(H,29,30)/p+1/t22-,23+,24+,25+/m0/s1. The van der Waals surface area contributed by atoms with Gasteiger partial charge in [-0.25, -0.2) is 4.79 Å². The number of ether oxygens (including phenoxy) is 3. The molecule has 168 valence electrons. The van der Waals surface area contributed by atoms with Crippen molar-refractivity contribution in [2.45, 2.75) is 30.9 Å². The summed E-state index contributed by atoms with van der Waals surface area (Å²) in [5.74, 6) is 0. The SMILES string of the molecule is O=C(Nc1cccc2ccccc12)O[C@@H]1CO[C@H]2[C@@H]1OC[C@@H]2[NH2+]Cc1c[nH]c2ccccc12. The maximum absolute atomic E-state index is 12.6. The van der Waals surface area contributed by atoms with E-state index in [-0.39, 0.29) is 18.2 Å². The molecule has 1 aromatic heterocycles. The molecule has 7 heteroatoms. The van der Waals surface area contributed by atoms with Gasteiger partial charge in [-0.15, -0.1) is 0 Å². The number of anilines is 1. The molecule has 0 unspecified atom stereocenters. The van der Waals surface area contributed by atoms with Crippen molar-refractivity contribution in [3.8, 4) is 0 Å². The maximum Gasteiger partial charge on any atom is 0.412 e. The van der Waals surface area contributed by atoms with Crippen molar-refractivity contribution >= 4 is 33.5 Å². The Labute approximate surface area is 191 Å². The molecule has 3 heterocycles. The van der Waals surface area contributed by atoms with Gasteiger partial charge in [0.25, 0.3) is 0 Å². The molecule has 4 atom stereocenters. The molecule has 2 fully saturated rings. The lowest BCUT2D eigenvalue weighted by Gasteiger charge is -2.17. The number of amides is 1. The van der Waals surface area contributed by atoms with E-state index in [1.807, 2.05) is 48.5 Å². The number of carbonyl (C=O) groups is 1. The van der Waals surface area contributed by atoms with Gasteiger partial charge in [0.15, 0.2) is 6.10 Å². The Morgan fingerprint density at radius 2 is 1.76 bits per heavy atom. The molecule has 3 aromatic carbocycles. The van der Waals surface area contributed by atoms with Gasteiger partial charge < -0.3 is 24.5 Å². The Kier molecular flexibility index (Phi) is 5.22. The van der Waals surface area contributed by atoms with Crippen LogP contribution >= 0.6 is 0 Å². The van der Waals surface area contributed by atoms with Crippen LogP contribution in [0, 0.1) is 0 Å². The maximum atomic E-state index is 12.6. The summed E-state index contributed by atoms with van der Waals surface area (Å²) in [5.41, 5.74) is 3.13. The highest BCUT2D eigenvalue weighted by atomic mass is 16.6. The fourth-order valence-corrected chi connectivity index (χ4v) is 4.99. The Bertz CT molecular complexity index is 1300. The van der Waals surface area contributed by atoms with Crippen LogP contribution in [0.2, 0.25) is 0 Å². The molecule has 4 N–H and O–H groups in total. The highest BCUT2D eigenvalue weighted by molar-refractivity contribution is 6.00. The lowest BCUT2D eigenvalue weighted by Crippen LogP contribution is -2.91. The van der Waals surface area contributed by atoms with E-state index in [1.54, 1.807) is 0 Å². The van der Waals surface area contributed by atoms with Crippen LogP contribution in [0.5, 0.6) is 0 Å². The molecule has 0 radical (unpaired) electrons. The predicted octanol–water partition coefficient (Wildman–Crippen LogP) is 3.17. The molecule has 2 aliphatic rings. The van der Waals surface area contributed by atoms with Gasteiger partial charge in [-0.2, -0.15) is 0 Å². The Morgan fingerprint density at radius 1 is 0.970 bits per heavy atom.